The van der Waals surface area contributed by atoms with Crippen molar-refractivity contribution in [1.82, 2.24) is 9.97 Å². The second kappa shape index (κ2) is 10.9. The van der Waals surface area contributed by atoms with Crippen molar-refractivity contribution in [3.8, 4) is 23.3 Å². The fraction of sp³-hybridized carbons (Fsp3) is 0.115. The molecule has 8 nitrogen and oxygen atoms in total. The van der Waals surface area contributed by atoms with Crippen molar-refractivity contribution in [2.24, 2.45) is 0 Å². The van der Waals surface area contributed by atoms with E-state index in [1.807, 2.05) is 0 Å². The summed E-state index contributed by atoms with van der Waals surface area (Å²) in [7, 11) is 3.05. The number of hydrogen-bond acceptors (Lipinski definition) is 6. The number of H-pyrrole nitrogens is 1. The lowest BCUT2D eigenvalue weighted by atomic mass is 10.1. The fourth-order valence-corrected chi connectivity index (χ4v) is 3.80. The standard InChI is InChI=1S/C26H20BrFN4O4/c1-34-19-7-8-21-22(11-19)32-26(31-21)16(13-29)9-15-10-23(35-2)24(12-20(15)27)36-14-25(33)30-18-5-3-17(28)4-6-18/h3-12H,14H2,1-2H3,(H,30,33)(H,31,32)/b16-9+. The molecule has 1 heterocycles. The lowest BCUT2D eigenvalue weighted by Gasteiger charge is -2.13. The van der Waals surface area contributed by atoms with E-state index in [2.05, 4.69) is 37.3 Å². The van der Waals surface area contributed by atoms with Gasteiger partial charge in [-0.2, -0.15) is 5.26 Å². The Morgan fingerprint density at radius 2 is 1.92 bits per heavy atom. The highest BCUT2D eigenvalue weighted by Crippen LogP contribution is 2.35. The van der Waals surface area contributed by atoms with E-state index in [1.54, 1.807) is 43.5 Å². The fourth-order valence-electron chi connectivity index (χ4n) is 3.36. The molecule has 0 radical (unpaired) electrons. The van der Waals surface area contributed by atoms with Crippen LogP contribution < -0.4 is 19.5 Å². The molecule has 0 aliphatic rings. The number of aromatic nitrogens is 2. The maximum Gasteiger partial charge on any atom is 0.262 e. The summed E-state index contributed by atoms with van der Waals surface area (Å²) in [5.74, 6) is 0.958. The van der Waals surface area contributed by atoms with E-state index in [0.29, 0.717) is 49.9 Å². The number of aromatic amines is 1. The molecule has 0 fully saturated rings. The maximum atomic E-state index is 13.0. The summed E-state index contributed by atoms with van der Waals surface area (Å²) >= 11 is 3.49. The summed E-state index contributed by atoms with van der Waals surface area (Å²) < 4.78 is 30.0. The van der Waals surface area contributed by atoms with Crippen molar-refractivity contribution >= 4 is 50.2 Å². The van der Waals surface area contributed by atoms with E-state index in [9.17, 15) is 14.4 Å². The largest absolute Gasteiger partial charge is 0.497 e. The number of imidazole rings is 1. The van der Waals surface area contributed by atoms with Crippen molar-refractivity contribution in [2.75, 3.05) is 26.1 Å². The lowest BCUT2D eigenvalue weighted by molar-refractivity contribution is -0.118. The minimum absolute atomic E-state index is 0.290. The Labute approximate surface area is 214 Å². The first kappa shape index (κ1) is 24.8. The first-order chi connectivity index (χ1) is 17.4. The Morgan fingerprint density at radius 1 is 1.14 bits per heavy atom. The van der Waals surface area contributed by atoms with Gasteiger partial charge in [-0.3, -0.25) is 4.79 Å². The van der Waals surface area contributed by atoms with Gasteiger partial charge in [-0.05, 0) is 60.2 Å². The van der Waals surface area contributed by atoms with Gasteiger partial charge in [-0.15, -0.1) is 0 Å². The number of carbonyl (C=O) groups is 1. The molecule has 0 aliphatic heterocycles. The van der Waals surface area contributed by atoms with Gasteiger partial charge in [0.25, 0.3) is 5.91 Å². The quantitative estimate of drug-likeness (QED) is 0.278. The molecule has 0 saturated carbocycles. The van der Waals surface area contributed by atoms with Gasteiger partial charge in [-0.25, -0.2) is 9.37 Å². The number of amides is 1. The molecule has 0 saturated heterocycles. The van der Waals surface area contributed by atoms with Crippen molar-refractivity contribution in [2.45, 2.75) is 0 Å². The van der Waals surface area contributed by atoms with Crippen molar-refractivity contribution in [3.63, 3.8) is 0 Å². The number of nitrogens with one attached hydrogen (secondary N) is 2. The zero-order chi connectivity index (χ0) is 25.7. The SMILES string of the molecule is COc1ccc2nc(/C(C#N)=C/c3cc(OC)c(OCC(=O)Nc4ccc(F)cc4)cc3Br)[nH]c2c1. The zero-order valence-electron chi connectivity index (χ0n) is 19.3. The summed E-state index contributed by atoms with van der Waals surface area (Å²) in [5, 5.41) is 12.4. The number of allylic oxidation sites excluding steroid dienone is 1. The molecule has 10 heteroatoms. The molecule has 4 aromatic rings. The highest BCUT2D eigenvalue weighted by atomic mass is 79.9. The van der Waals surface area contributed by atoms with Gasteiger partial charge >= 0.3 is 0 Å². The third kappa shape index (κ3) is 5.64. The lowest BCUT2D eigenvalue weighted by Crippen LogP contribution is -2.20. The van der Waals surface area contributed by atoms with Crippen molar-refractivity contribution in [1.29, 1.82) is 5.26 Å². The molecule has 0 spiro atoms. The van der Waals surface area contributed by atoms with E-state index < -0.39 is 11.7 Å². The number of halogens is 2. The second-order valence-corrected chi connectivity index (χ2v) is 8.36. The number of rotatable bonds is 8. The van der Waals surface area contributed by atoms with Crippen LogP contribution in [-0.2, 0) is 4.79 Å². The Bertz CT molecular complexity index is 1490. The van der Waals surface area contributed by atoms with Gasteiger partial charge in [-0.1, -0.05) is 15.9 Å². The minimum atomic E-state index is -0.419. The van der Waals surface area contributed by atoms with Crippen LogP contribution in [0, 0.1) is 17.1 Å². The summed E-state index contributed by atoms with van der Waals surface area (Å²) in [5.41, 5.74) is 2.84. The number of fused-ring (bicyclic) bond motifs is 1. The smallest absolute Gasteiger partial charge is 0.262 e. The molecule has 2 N–H and O–H groups in total. The Kier molecular flexibility index (Phi) is 7.51. The number of carbonyl (C=O) groups excluding carboxylic acids is 1. The predicted octanol–water partition coefficient (Wildman–Crippen LogP) is 5.56. The first-order valence-corrected chi connectivity index (χ1v) is 11.4. The van der Waals surface area contributed by atoms with Crippen LogP contribution in [0.3, 0.4) is 0 Å². The molecule has 0 bridgehead atoms. The molecule has 0 atom stereocenters. The predicted molar refractivity (Wildman–Crippen MR) is 137 cm³/mol. The number of nitriles is 1. The Hall–Kier alpha value is -4.36. The van der Waals surface area contributed by atoms with E-state index in [0.717, 1.165) is 5.52 Å². The third-order valence-electron chi connectivity index (χ3n) is 5.13. The maximum absolute atomic E-state index is 13.0. The molecule has 0 aliphatic carbocycles. The summed E-state index contributed by atoms with van der Waals surface area (Å²) in [6.45, 7) is -0.290. The molecule has 1 aromatic heterocycles. The topological polar surface area (TPSA) is 109 Å². The molecule has 36 heavy (non-hydrogen) atoms. The van der Waals surface area contributed by atoms with Crippen LogP contribution in [0.4, 0.5) is 10.1 Å². The van der Waals surface area contributed by atoms with Gasteiger partial charge in [0, 0.05) is 16.2 Å². The van der Waals surface area contributed by atoms with Gasteiger partial charge in [0.15, 0.2) is 18.1 Å². The summed E-state index contributed by atoms with van der Waals surface area (Å²) in [4.78, 5) is 19.9. The zero-order valence-corrected chi connectivity index (χ0v) is 20.8. The average molecular weight is 551 g/mol. The number of methoxy groups -OCH3 is 2. The number of anilines is 1. The van der Waals surface area contributed by atoms with Gasteiger partial charge in [0.1, 0.15) is 23.5 Å². The number of benzene rings is 3. The third-order valence-corrected chi connectivity index (χ3v) is 5.82. The Morgan fingerprint density at radius 3 is 2.61 bits per heavy atom. The van der Waals surface area contributed by atoms with Crippen LogP contribution in [-0.4, -0.2) is 36.7 Å². The molecule has 182 valence electrons. The minimum Gasteiger partial charge on any atom is -0.497 e. The molecular formula is C26H20BrFN4O4. The van der Waals surface area contributed by atoms with Crippen LogP contribution in [0.1, 0.15) is 11.4 Å². The molecular weight excluding hydrogens is 531 g/mol. The Balaban J connectivity index is 1.54. The van der Waals surface area contributed by atoms with Crippen LogP contribution in [0.15, 0.2) is 59.1 Å². The van der Waals surface area contributed by atoms with Gasteiger partial charge < -0.3 is 24.5 Å². The van der Waals surface area contributed by atoms with Crippen LogP contribution in [0.2, 0.25) is 0 Å². The summed E-state index contributed by atoms with van der Waals surface area (Å²) in [6, 6.07) is 16.3. The summed E-state index contributed by atoms with van der Waals surface area (Å²) in [6.07, 6.45) is 1.66. The highest BCUT2D eigenvalue weighted by molar-refractivity contribution is 9.10. The number of nitrogens with zero attached hydrogens (tertiary/aromatic N) is 2. The van der Waals surface area contributed by atoms with E-state index >= 15 is 0 Å². The van der Waals surface area contributed by atoms with Crippen molar-refractivity contribution in [3.05, 3.63) is 76.3 Å². The second-order valence-electron chi connectivity index (χ2n) is 7.51. The number of ether oxygens (including phenoxy) is 3. The van der Waals surface area contributed by atoms with E-state index in [-0.39, 0.29) is 6.61 Å². The van der Waals surface area contributed by atoms with Crippen LogP contribution >= 0.6 is 15.9 Å². The van der Waals surface area contributed by atoms with E-state index in [4.69, 9.17) is 14.2 Å². The van der Waals surface area contributed by atoms with Crippen molar-refractivity contribution < 1.29 is 23.4 Å². The van der Waals surface area contributed by atoms with Crippen LogP contribution in [0.5, 0.6) is 17.2 Å². The molecule has 4 rings (SSSR count). The average Bonchev–Trinajstić information content (AvgIpc) is 3.31. The number of hydrogen-bond donors (Lipinski definition) is 2. The highest BCUT2D eigenvalue weighted by Gasteiger charge is 2.14. The van der Waals surface area contributed by atoms with E-state index in [1.165, 1.54) is 31.4 Å². The monoisotopic (exact) mass is 550 g/mol. The molecule has 0 unspecified atom stereocenters. The van der Waals surface area contributed by atoms with Gasteiger partial charge in [0.05, 0.1) is 30.8 Å². The normalized spacial score (nSPS) is 11.1. The van der Waals surface area contributed by atoms with Crippen LogP contribution in [0.25, 0.3) is 22.7 Å². The molecule has 1 amide bonds. The first-order valence-electron chi connectivity index (χ1n) is 10.6. The molecule has 3 aromatic carbocycles. The van der Waals surface area contributed by atoms with Gasteiger partial charge in [0.2, 0.25) is 0 Å².